The van der Waals surface area contributed by atoms with Gasteiger partial charge in [0.05, 0.1) is 0 Å². The Morgan fingerprint density at radius 2 is 0.964 bits per heavy atom. The van der Waals surface area contributed by atoms with Gasteiger partial charge in [0.2, 0.25) is 5.91 Å². The van der Waals surface area contributed by atoms with E-state index in [0.717, 1.165) is 32.4 Å². The maximum atomic E-state index is 11.8. The zero-order valence-electron chi connectivity index (χ0n) is 19.2. The SMILES string of the molecule is CCCCCCCCCCCC(=O)NCCCCCCCCCCCCCN. The molecule has 0 aromatic rings. The van der Waals surface area contributed by atoms with Crippen molar-refractivity contribution < 1.29 is 4.79 Å². The van der Waals surface area contributed by atoms with Crippen LogP contribution in [-0.2, 0) is 4.79 Å². The Bertz CT molecular complexity index is 307. The average Bonchev–Trinajstić information content (AvgIpc) is 2.70. The van der Waals surface area contributed by atoms with Crippen LogP contribution in [-0.4, -0.2) is 19.0 Å². The van der Waals surface area contributed by atoms with Crippen LogP contribution in [0, 0.1) is 0 Å². The minimum absolute atomic E-state index is 0.262. The van der Waals surface area contributed by atoms with E-state index < -0.39 is 0 Å². The van der Waals surface area contributed by atoms with E-state index in [0.29, 0.717) is 0 Å². The summed E-state index contributed by atoms with van der Waals surface area (Å²) >= 11 is 0. The molecule has 0 aromatic heterocycles. The molecule has 0 bridgehead atoms. The van der Waals surface area contributed by atoms with Gasteiger partial charge in [0.15, 0.2) is 0 Å². The topological polar surface area (TPSA) is 55.1 Å². The zero-order chi connectivity index (χ0) is 20.5. The lowest BCUT2D eigenvalue weighted by atomic mass is 10.1. The van der Waals surface area contributed by atoms with Gasteiger partial charge in [-0.25, -0.2) is 0 Å². The summed E-state index contributed by atoms with van der Waals surface area (Å²) in [4.78, 5) is 11.8. The molecule has 0 saturated heterocycles. The molecule has 0 aliphatic carbocycles. The lowest BCUT2D eigenvalue weighted by Gasteiger charge is -2.06. The number of amides is 1. The van der Waals surface area contributed by atoms with Gasteiger partial charge in [-0.05, 0) is 25.8 Å². The van der Waals surface area contributed by atoms with Crippen LogP contribution in [0.25, 0.3) is 0 Å². The molecule has 0 atom stereocenters. The fourth-order valence-corrected chi connectivity index (χ4v) is 3.77. The van der Waals surface area contributed by atoms with Crippen molar-refractivity contribution in [2.45, 2.75) is 142 Å². The predicted molar refractivity (Wildman–Crippen MR) is 125 cm³/mol. The highest BCUT2D eigenvalue weighted by Crippen LogP contribution is 2.12. The van der Waals surface area contributed by atoms with Crippen molar-refractivity contribution in [3.63, 3.8) is 0 Å². The van der Waals surface area contributed by atoms with E-state index in [1.54, 1.807) is 0 Å². The van der Waals surface area contributed by atoms with Crippen LogP contribution in [0.4, 0.5) is 0 Å². The van der Waals surface area contributed by atoms with Gasteiger partial charge in [-0.3, -0.25) is 4.79 Å². The highest BCUT2D eigenvalue weighted by atomic mass is 16.1. The molecule has 0 unspecified atom stereocenters. The van der Waals surface area contributed by atoms with Crippen LogP contribution in [0.2, 0.25) is 0 Å². The minimum Gasteiger partial charge on any atom is -0.356 e. The maximum Gasteiger partial charge on any atom is 0.219 e. The fourth-order valence-electron chi connectivity index (χ4n) is 3.77. The third kappa shape index (κ3) is 23.5. The first-order valence-corrected chi connectivity index (χ1v) is 12.8. The fraction of sp³-hybridized carbons (Fsp3) is 0.960. The van der Waals surface area contributed by atoms with Crippen LogP contribution < -0.4 is 11.1 Å². The van der Waals surface area contributed by atoms with E-state index >= 15 is 0 Å². The van der Waals surface area contributed by atoms with Crippen LogP contribution in [0.5, 0.6) is 0 Å². The number of carbonyl (C=O) groups excluding carboxylic acids is 1. The van der Waals surface area contributed by atoms with Crippen LogP contribution >= 0.6 is 0 Å². The summed E-state index contributed by atoms with van der Waals surface area (Å²) in [5.74, 6) is 0.262. The van der Waals surface area contributed by atoms with Gasteiger partial charge in [0, 0.05) is 13.0 Å². The maximum absolute atomic E-state index is 11.8. The quantitative estimate of drug-likeness (QED) is 0.178. The Morgan fingerprint density at radius 1 is 0.571 bits per heavy atom. The van der Waals surface area contributed by atoms with Crippen molar-refractivity contribution in [2.24, 2.45) is 5.73 Å². The van der Waals surface area contributed by atoms with E-state index in [9.17, 15) is 4.79 Å². The number of rotatable bonds is 23. The van der Waals surface area contributed by atoms with Crippen molar-refractivity contribution >= 4 is 5.91 Å². The monoisotopic (exact) mass is 396 g/mol. The smallest absolute Gasteiger partial charge is 0.219 e. The third-order valence-corrected chi connectivity index (χ3v) is 5.71. The number of nitrogens with two attached hydrogens (primary N) is 1. The molecule has 168 valence electrons. The molecule has 0 aliphatic heterocycles. The molecule has 0 aromatic carbocycles. The second-order valence-electron chi connectivity index (χ2n) is 8.61. The number of unbranched alkanes of at least 4 members (excludes halogenated alkanes) is 18. The molecule has 0 spiro atoms. The molecule has 3 nitrogen and oxygen atoms in total. The molecule has 0 saturated carbocycles. The van der Waals surface area contributed by atoms with Gasteiger partial charge in [0.25, 0.3) is 0 Å². The zero-order valence-corrected chi connectivity index (χ0v) is 19.2. The molecule has 28 heavy (non-hydrogen) atoms. The van der Waals surface area contributed by atoms with E-state index in [4.69, 9.17) is 5.73 Å². The van der Waals surface area contributed by atoms with Gasteiger partial charge in [-0.15, -0.1) is 0 Å². The second kappa shape index (κ2) is 24.5. The largest absolute Gasteiger partial charge is 0.356 e. The summed E-state index contributed by atoms with van der Waals surface area (Å²) in [6.07, 6.45) is 27.0. The lowest BCUT2D eigenvalue weighted by molar-refractivity contribution is -0.121. The molecule has 0 aliphatic rings. The molecule has 0 rings (SSSR count). The van der Waals surface area contributed by atoms with Gasteiger partial charge >= 0.3 is 0 Å². The van der Waals surface area contributed by atoms with Crippen molar-refractivity contribution in [1.29, 1.82) is 0 Å². The van der Waals surface area contributed by atoms with E-state index in [2.05, 4.69) is 12.2 Å². The Hall–Kier alpha value is -0.570. The molecular weight excluding hydrogens is 344 g/mol. The Labute approximate surface area is 177 Å². The normalized spacial score (nSPS) is 11.1. The van der Waals surface area contributed by atoms with E-state index in [1.165, 1.54) is 116 Å². The van der Waals surface area contributed by atoms with Crippen LogP contribution in [0.15, 0.2) is 0 Å². The Kier molecular flexibility index (Phi) is 24.0. The molecule has 3 heteroatoms. The summed E-state index contributed by atoms with van der Waals surface area (Å²) in [6, 6.07) is 0. The lowest BCUT2D eigenvalue weighted by Crippen LogP contribution is -2.23. The third-order valence-electron chi connectivity index (χ3n) is 5.71. The summed E-state index contributed by atoms with van der Waals surface area (Å²) in [6.45, 7) is 3.98. The van der Waals surface area contributed by atoms with Crippen molar-refractivity contribution in [2.75, 3.05) is 13.1 Å². The number of nitrogens with one attached hydrogen (secondary N) is 1. The first-order chi connectivity index (χ1) is 13.8. The standard InChI is InChI=1S/C25H52N2O/c1-2-3-4-5-6-10-13-16-19-22-25(28)27-24-21-18-15-12-9-7-8-11-14-17-20-23-26/h2-24,26H2,1H3,(H,27,28). The number of carbonyl (C=O) groups is 1. The number of hydrogen-bond donors (Lipinski definition) is 2. The van der Waals surface area contributed by atoms with Crippen molar-refractivity contribution in [3.05, 3.63) is 0 Å². The first-order valence-electron chi connectivity index (χ1n) is 12.8. The molecule has 0 heterocycles. The minimum atomic E-state index is 0.262. The average molecular weight is 397 g/mol. The Balaban J connectivity index is 3.13. The summed E-state index contributed by atoms with van der Waals surface area (Å²) in [5, 5.41) is 3.10. The molecule has 3 N–H and O–H groups in total. The van der Waals surface area contributed by atoms with E-state index in [1.807, 2.05) is 0 Å². The van der Waals surface area contributed by atoms with Gasteiger partial charge in [-0.1, -0.05) is 116 Å². The Morgan fingerprint density at radius 3 is 1.43 bits per heavy atom. The van der Waals surface area contributed by atoms with Crippen molar-refractivity contribution in [3.8, 4) is 0 Å². The summed E-state index contributed by atoms with van der Waals surface area (Å²) in [7, 11) is 0. The number of hydrogen-bond acceptors (Lipinski definition) is 2. The van der Waals surface area contributed by atoms with Gasteiger partial charge in [-0.2, -0.15) is 0 Å². The highest BCUT2D eigenvalue weighted by Gasteiger charge is 2.00. The predicted octanol–water partition coefficient (Wildman–Crippen LogP) is 7.27. The van der Waals surface area contributed by atoms with Crippen molar-refractivity contribution in [1.82, 2.24) is 5.32 Å². The van der Waals surface area contributed by atoms with Gasteiger partial charge < -0.3 is 11.1 Å². The molecule has 0 radical (unpaired) electrons. The molecule has 1 amide bonds. The second-order valence-corrected chi connectivity index (χ2v) is 8.61. The summed E-state index contributed by atoms with van der Waals surface area (Å²) < 4.78 is 0. The molecule has 0 fully saturated rings. The van der Waals surface area contributed by atoms with Crippen LogP contribution in [0.1, 0.15) is 142 Å². The highest BCUT2D eigenvalue weighted by molar-refractivity contribution is 5.75. The first kappa shape index (κ1) is 27.4. The van der Waals surface area contributed by atoms with Gasteiger partial charge in [0.1, 0.15) is 0 Å². The van der Waals surface area contributed by atoms with Crippen LogP contribution in [0.3, 0.4) is 0 Å². The summed E-state index contributed by atoms with van der Waals surface area (Å²) in [5.41, 5.74) is 5.51. The van der Waals surface area contributed by atoms with E-state index in [-0.39, 0.29) is 5.91 Å². The molecular formula is C25H52N2O.